The molecule has 0 saturated carbocycles. The zero-order valence-electron chi connectivity index (χ0n) is 8.97. The molecular formula is C10H15N3O2. The molecule has 0 aliphatic carbocycles. The van der Waals surface area contributed by atoms with Gasteiger partial charge in [-0.1, -0.05) is 0 Å². The highest BCUT2D eigenvalue weighted by atomic mass is 16.4. The van der Waals surface area contributed by atoms with Crippen LogP contribution in [0.3, 0.4) is 0 Å². The quantitative estimate of drug-likeness (QED) is 0.750. The second-order valence-corrected chi connectivity index (χ2v) is 3.63. The van der Waals surface area contributed by atoms with E-state index in [1.54, 1.807) is 12.4 Å². The predicted molar refractivity (Wildman–Crippen MR) is 55.6 cm³/mol. The van der Waals surface area contributed by atoms with Crippen molar-refractivity contribution in [1.82, 2.24) is 14.9 Å². The lowest BCUT2D eigenvalue weighted by Gasteiger charge is -2.07. The Labute approximate surface area is 88.8 Å². The average molecular weight is 209 g/mol. The molecule has 0 aliphatic heterocycles. The first-order chi connectivity index (χ1) is 7.08. The maximum atomic E-state index is 10.4. The minimum Gasteiger partial charge on any atom is -0.481 e. The number of carboxylic acid groups (broad SMARTS) is 1. The normalized spacial score (nSPS) is 10.6. The van der Waals surface area contributed by atoms with Crippen molar-refractivity contribution in [3.8, 4) is 0 Å². The van der Waals surface area contributed by atoms with Gasteiger partial charge in [-0.2, -0.15) is 0 Å². The number of likely N-dealkylation sites (N-methyl/N-ethyl adjacent to an activating group) is 1. The van der Waals surface area contributed by atoms with Crippen LogP contribution in [0.4, 0.5) is 0 Å². The van der Waals surface area contributed by atoms with E-state index in [0.29, 0.717) is 5.56 Å². The second-order valence-electron chi connectivity index (χ2n) is 3.63. The van der Waals surface area contributed by atoms with E-state index in [1.807, 2.05) is 14.1 Å². The SMILES string of the molecule is CN(C)CCc1ncc(CC(=O)O)cn1. The molecule has 0 radical (unpaired) electrons. The van der Waals surface area contributed by atoms with Crippen molar-refractivity contribution >= 4 is 5.97 Å². The molecular weight excluding hydrogens is 194 g/mol. The van der Waals surface area contributed by atoms with E-state index in [1.165, 1.54) is 0 Å². The minimum atomic E-state index is -0.861. The maximum absolute atomic E-state index is 10.4. The molecule has 0 saturated heterocycles. The van der Waals surface area contributed by atoms with Crippen molar-refractivity contribution in [2.45, 2.75) is 12.8 Å². The summed E-state index contributed by atoms with van der Waals surface area (Å²) >= 11 is 0. The van der Waals surface area contributed by atoms with Gasteiger partial charge in [0.25, 0.3) is 0 Å². The van der Waals surface area contributed by atoms with E-state index in [0.717, 1.165) is 18.8 Å². The van der Waals surface area contributed by atoms with Crippen LogP contribution in [0.1, 0.15) is 11.4 Å². The van der Waals surface area contributed by atoms with E-state index in [4.69, 9.17) is 5.11 Å². The largest absolute Gasteiger partial charge is 0.481 e. The van der Waals surface area contributed by atoms with Gasteiger partial charge < -0.3 is 10.0 Å². The highest BCUT2D eigenvalue weighted by molar-refractivity contribution is 5.69. The Morgan fingerprint density at radius 1 is 1.40 bits per heavy atom. The van der Waals surface area contributed by atoms with Gasteiger partial charge in [0.1, 0.15) is 5.82 Å². The monoisotopic (exact) mass is 209 g/mol. The van der Waals surface area contributed by atoms with Crippen molar-refractivity contribution in [2.24, 2.45) is 0 Å². The van der Waals surface area contributed by atoms with Crippen molar-refractivity contribution in [3.05, 3.63) is 23.8 Å². The lowest BCUT2D eigenvalue weighted by atomic mass is 10.2. The van der Waals surface area contributed by atoms with Gasteiger partial charge in [0.05, 0.1) is 6.42 Å². The summed E-state index contributed by atoms with van der Waals surface area (Å²) in [5.74, 6) is -0.113. The zero-order valence-corrected chi connectivity index (χ0v) is 8.97. The third-order valence-electron chi connectivity index (χ3n) is 1.90. The Hall–Kier alpha value is -1.49. The summed E-state index contributed by atoms with van der Waals surface area (Å²) in [7, 11) is 3.97. The van der Waals surface area contributed by atoms with Gasteiger partial charge in [0, 0.05) is 25.4 Å². The molecule has 1 aromatic heterocycles. The van der Waals surface area contributed by atoms with Gasteiger partial charge in [-0.15, -0.1) is 0 Å². The van der Waals surface area contributed by atoms with Gasteiger partial charge >= 0.3 is 5.97 Å². The first-order valence-electron chi connectivity index (χ1n) is 4.74. The molecule has 0 fully saturated rings. The van der Waals surface area contributed by atoms with Crippen LogP contribution in [-0.4, -0.2) is 46.6 Å². The molecule has 1 aromatic rings. The van der Waals surface area contributed by atoms with Gasteiger partial charge in [-0.05, 0) is 19.7 Å². The molecule has 0 bridgehead atoms. The molecule has 0 aromatic carbocycles. The van der Waals surface area contributed by atoms with Gasteiger partial charge in [-0.3, -0.25) is 4.79 Å². The molecule has 0 unspecified atom stereocenters. The Morgan fingerprint density at radius 3 is 2.47 bits per heavy atom. The molecule has 1 N–H and O–H groups in total. The van der Waals surface area contributed by atoms with Crippen molar-refractivity contribution in [1.29, 1.82) is 0 Å². The average Bonchev–Trinajstić information content (AvgIpc) is 2.16. The Kier molecular flexibility index (Phi) is 4.17. The van der Waals surface area contributed by atoms with E-state index >= 15 is 0 Å². The van der Waals surface area contributed by atoms with Crippen LogP contribution in [0, 0.1) is 0 Å². The lowest BCUT2D eigenvalue weighted by molar-refractivity contribution is -0.136. The molecule has 5 heteroatoms. The summed E-state index contributed by atoms with van der Waals surface area (Å²) in [6, 6.07) is 0. The van der Waals surface area contributed by atoms with Crippen molar-refractivity contribution in [2.75, 3.05) is 20.6 Å². The molecule has 5 nitrogen and oxygen atoms in total. The van der Waals surface area contributed by atoms with Crippen LogP contribution in [0.25, 0.3) is 0 Å². The van der Waals surface area contributed by atoms with Crippen LogP contribution in [0.5, 0.6) is 0 Å². The van der Waals surface area contributed by atoms with E-state index in [2.05, 4.69) is 14.9 Å². The lowest BCUT2D eigenvalue weighted by Crippen LogP contribution is -2.16. The Morgan fingerprint density at radius 2 is 2.00 bits per heavy atom. The first-order valence-corrected chi connectivity index (χ1v) is 4.74. The zero-order chi connectivity index (χ0) is 11.3. The van der Waals surface area contributed by atoms with E-state index in [-0.39, 0.29) is 6.42 Å². The number of hydrogen-bond acceptors (Lipinski definition) is 4. The van der Waals surface area contributed by atoms with Gasteiger partial charge in [-0.25, -0.2) is 9.97 Å². The number of hydrogen-bond donors (Lipinski definition) is 1. The van der Waals surface area contributed by atoms with Crippen LogP contribution in [-0.2, 0) is 17.6 Å². The molecule has 0 spiro atoms. The highest BCUT2D eigenvalue weighted by Gasteiger charge is 2.02. The molecule has 82 valence electrons. The Bertz CT molecular complexity index is 322. The number of aromatic nitrogens is 2. The summed E-state index contributed by atoms with van der Waals surface area (Å²) in [5.41, 5.74) is 0.635. The topological polar surface area (TPSA) is 66.3 Å². The number of carboxylic acids is 1. The fourth-order valence-electron chi connectivity index (χ4n) is 1.10. The van der Waals surface area contributed by atoms with E-state index in [9.17, 15) is 4.79 Å². The summed E-state index contributed by atoms with van der Waals surface area (Å²) < 4.78 is 0. The molecule has 0 atom stereocenters. The summed E-state index contributed by atoms with van der Waals surface area (Å²) in [5, 5.41) is 8.55. The Balaban J connectivity index is 2.52. The summed E-state index contributed by atoms with van der Waals surface area (Å²) in [6.45, 7) is 0.887. The standard InChI is InChI=1S/C10H15N3O2/c1-13(2)4-3-9-11-6-8(7-12-9)5-10(14)15/h6-7H,3-5H2,1-2H3,(H,14,15). The first kappa shape index (κ1) is 11.6. The molecule has 1 rings (SSSR count). The van der Waals surface area contributed by atoms with Crippen LogP contribution >= 0.6 is 0 Å². The minimum absolute atomic E-state index is 0.0199. The summed E-state index contributed by atoms with van der Waals surface area (Å²) in [6.07, 6.45) is 3.91. The molecule has 0 aliphatic rings. The van der Waals surface area contributed by atoms with Crippen molar-refractivity contribution in [3.63, 3.8) is 0 Å². The number of carbonyl (C=O) groups is 1. The van der Waals surface area contributed by atoms with Gasteiger partial charge in [0.2, 0.25) is 0 Å². The smallest absolute Gasteiger partial charge is 0.307 e. The number of nitrogens with zero attached hydrogens (tertiary/aromatic N) is 3. The van der Waals surface area contributed by atoms with Crippen molar-refractivity contribution < 1.29 is 9.90 Å². The third-order valence-corrected chi connectivity index (χ3v) is 1.90. The number of aliphatic carboxylic acids is 1. The fraction of sp³-hybridized carbons (Fsp3) is 0.500. The van der Waals surface area contributed by atoms with Gasteiger partial charge in [0.15, 0.2) is 0 Å². The van der Waals surface area contributed by atoms with Crippen LogP contribution in [0.2, 0.25) is 0 Å². The number of rotatable bonds is 5. The summed E-state index contributed by atoms with van der Waals surface area (Å²) in [4.78, 5) is 20.7. The molecule has 1 heterocycles. The highest BCUT2D eigenvalue weighted by Crippen LogP contribution is 1.98. The second kappa shape index (κ2) is 5.41. The maximum Gasteiger partial charge on any atom is 0.307 e. The fourth-order valence-corrected chi connectivity index (χ4v) is 1.10. The van der Waals surface area contributed by atoms with Crippen LogP contribution < -0.4 is 0 Å². The molecule has 15 heavy (non-hydrogen) atoms. The predicted octanol–water partition coefficient (Wildman–Crippen LogP) is 0.208. The third kappa shape index (κ3) is 4.51. The van der Waals surface area contributed by atoms with E-state index < -0.39 is 5.97 Å². The molecule has 0 amide bonds. The van der Waals surface area contributed by atoms with Crippen LogP contribution in [0.15, 0.2) is 12.4 Å².